The Morgan fingerprint density at radius 3 is 2.61 bits per heavy atom. The summed E-state index contributed by atoms with van der Waals surface area (Å²) in [7, 11) is 0. The van der Waals surface area contributed by atoms with Gasteiger partial charge in [-0.2, -0.15) is 0 Å². The van der Waals surface area contributed by atoms with E-state index in [1.54, 1.807) is 11.3 Å². The molecule has 1 fully saturated rings. The van der Waals surface area contributed by atoms with E-state index in [1.807, 2.05) is 5.38 Å². The molecule has 1 aliphatic heterocycles. The Labute approximate surface area is 156 Å². The molecule has 2 rings (SSSR count). The maximum atomic E-state index is 12.8. The van der Waals surface area contributed by atoms with Crippen LogP contribution in [-0.2, 0) is 6.42 Å². The average Bonchev–Trinajstić information content (AvgIpc) is 2.92. The Morgan fingerprint density at radius 1 is 1.39 bits per heavy atom. The van der Waals surface area contributed by atoms with E-state index in [0.29, 0.717) is 17.7 Å². The Bertz CT molecular complexity index is 462. The summed E-state index contributed by atoms with van der Waals surface area (Å²) in [6.07, 6.45) is 4.06. The molecule has 134 valence electrons. The first kappa shape index (κ1) is 22.6. The topological polar surface area (TPSA) is 45.2 Å². The van der Waals surface area contributed by atoms with Crippen molar-refractivity contribution in [3.8, 4) is 0 Å². The third-order valence-electron chi connectivity index (χ3n) is 3.83. The van der Waals surface area contributed by atoms with Gasteiger partial charge in [0.1, 0.15) is 5.69 Å². The SMILES string of the molecule is CCCN(C(=O)c1csc(CC(C)C)n1)C1CCNCC1.Cl.Cl. The van der Waals surface area contributed by atoms with Crippen LogP contribution in [0.5, 0.6) is 0 Å². The van der Waals surface area contributed by atoms with Crippen LogP contribution in [0.25, 0.3) is 0 Å². The second-order valence-electron chi connectivity index (χ2n) is 6.20. The van der Waals surface area contributed by atoms with Gasteiger partial charge in [0.15, 0.2) is 0 Å². The Morgan fingerprint density at radius 2 is 2.04 bits per heavy atom. The second kappa shape index (κ2) is 11.2. The van der Waals surface area contributed by atoms with Crippen molar-refractivity contribution in [3.63, 3.8) is 0 Å². The van der Waals surface area contributed by atoms with Crippen LogP contribution in [0.2, 0.25) is 0 Å². The minimum atomic E-state index is 0. The summed E-state index contributed by atoms with van der Waals surface area (Å²) in [5.74, 6) is 0.699. The number of thiazole rings is 1. The van der Waals surface area contributed by atoms with E-state index >= 15 is 0 Å². The molecule has 0 saturated carbocycles. The molecule has 1 N–H and O–H groups in total. The number of hydrogen-bond acceptors (Lipinski definition) is 4. The van der Waals surface area contributed by atoms with Gasteiger partial charge in [0, 0.05) is 24.4 Å². The monoisotopic (exact) mass is 381 g/mol. The molecule has 0 aliphatic carbocycles. The molecule has 2 heterocycles. The number of carbonyl (C=O) groups excluding carboxylic acids is 1. The van der Waals surface area contributed by atoms with E-state index in [0.717, 1.165) is 50.3 Å². The fraction of sp³-hybridized carbons (Fsp3) is 0.750. The zero-order valence-corrected chi connectivity index (χ0v) is 16.7. The lowest BCUT2D eigenvalue weighted by atomic mass is 10.0. The number of carbonyl (C=O) groups is 1. The van der Waals surface area contributed by atoms with Gasteiger partial charge < -0.3 is 10.2 Å². The van der Waals surface area contributed by atoms with Gasteiger partial charge in [0.05, 0.1) is 5.01 Å². The van der Waals surface area contributed by atoms with Crippen molar-refractivity contribution in [1.29, 1.82) is 0 Å². The van der Waals surface area contributed by atoms with Crippen LogP contribution < -0.4 is 5.32 Å². The molecule has 0 bridgehead atoms. The molecule has 1 aromatic heterocycles. The molecule has 1 aliphatic rings. The molecule has 7 heteroatoms. The van der Waals surface area contributed by atoms with Crippen molar-refractivity contribution in [2.24, 2.45) is 5.92 Å². The largest absolute Gasteiger partial charge is 0.334 e. The van der Waals surface area contributed by atoms with Crippen molar-refractivity contribution >= 4 is 42.1 Å². The second-order valence-corrected chi connectivity index (χ2v) is 7.15. The Kier molecular flexibility index (Phi) is 11.1. The Balaban J connectivity index is 0.00000242. The van der Waals surface area contributed by atoms with E-state index in [4.69, 9.17) is 0 Å². The number of halogens is 2. The number of aromatic nitrogens is 1. The average molecular weight is 382 g/mol. The van der Waals surface area contributed by atoms with Gasteiger partial charge in [-0.15, -0.1) is 36.2 Å². The standard InChI is InChI=1S/C16H27N3OS.2ClH/c1-4-9-19(13-5-7-17-8-6-13)16(20)14-11-21-15(18-14)10-12(2)3;;/h11-13,17H,4-10H2,1-3H3;2*1H. The molecule has 0 aromatic carbocycles. The number of hydrogen-bond donors (Lipinski definition) is 1. The molecule has 1 saturated heterocycles. The number of piperidine rings is 1. The summed E-state index contributed by atoms with van der Waals surface area (Å²) in [5.41, 5.74) is 0.641. The van der Waals surface area contributed by atoms with Crippen LogP contribution >= 0.6 is 36.2 Å². The molecule has 1 amide bonds. The maximum absolute atomic E-state index is 12.8. The third kappa shape index (κ3) is 6.57. The minimum Gasteiger partial charge on any atom is -0.334 e. The van der Waals surface area contributed by atoms with Crippen molar-refractivity contribution in [2.75, 3.05) is 19.6 Å². The molecule has 0 unspecified atom stereocenters. The molecule has 23 heavy (non-hydrogen) atoms. The first-order chi connectivity index (χ1) is 10.1. The summed E-state index contributed by atoms with van der Waals surface area (Å²) in [4.78, 5) is 19.4. The van der Waals surface area contributed by atoms with Gasteiger partial charge in [-0.05, 0) is 38.3 Å². The lowest BCUT2D eigenvalue weighted by molar-refractivity contribution is 0.0637. The summed E-state index contributed by atoms with van der Waals surface area (Å²) in [6, 6.07) is 0.369. The minimum absolute atomic E-state index is 0. The molecular formula is C16H29Cl2N3OS. The van der Waals surface area contributed by atoms with Gasteiger partial charge in [-0.25, -0.2) is 4.98 Å². The van der Waals surface area contributed by atoms with Crippen LogP contribution in [-0.4, -0.2) is 41.5 Å². The zero-order valence-electron chi connectivity index (χ0n) is 14.2. The van der Waals surface area contributed by atoms with Crippen LogP contribution in [0.15, 0.2) is 5.38 Å². The highest BCUT2D eigenvalue weighted by Gasteiger charge is 2.26. The lowest BCUT2D eigenvalue weighted by Gasteiger charge is -2.34. The highest BCUT2D eigenvalue weighted by atomic mass is 35.5. The molecule has 0 atom stereocenters. The summed E-state index contributed by atoms with van der Waals surface area (Å²) in [5, 5.41) is 6.38. The van der Waals surface area contributed by atoms with Crippen molar-refractivity contribution in [2.45, 2.75) is 52.5 Å². The summed E-state index contributed by atoms with van der Waals surface area (Å²) in [6.45, 7) is 9.34. The van der Waals surface area contributed by atoms with Crippen LogP contribution in [0.4, 0.5) is 0 Å². The fourth-order valence-electron chi connectivity index (χ4n) is 2.81. The molecular weight excluding hydrogens is 353 g/mol. The number of nitrogens with one attached hydrogen (secondary N) is 1. The van der Waals surface area contributed by atoms with Gasteiger partial charge in [0.25, 0.3) is 5.91 Å². The zero-order chi connectivity index (χ0) is 15.2. The number of amides is 1. The van der Waals surface area contributed by atoms with Gasteiger partial charge in [0.2, 0.25) is 0 Å². The summed E-state index contributed by atoms with van der Waals surface area (Å²) >= 11 is 1.62. The molecule has 1 aromatic rings. The van der Waals surface area contributed by atoms with Crippen molar-refractivity contribution < 1.29 is 4.79 Å². The maximum Gasteiger partial charge on any atom is 0.273 e. The van der Waals surface area contributed by atoms with E-state index < -0.39 is 0 Å². The van der Waals surface area contributed by atoms with E-state index in [1.165, 1.54) is 0 Å². The Hall–Kier alpha value is -0.360. The number of nitrogens with zero attached hydrogens (tertiary/aromatic N) is 2. The first-order valence-corrected chi connectivity index (χ1v) is 8.95. The van der Waals surface area contributed by atoms with Crippen molar-refractivity contribution in [1.82, 2.24) is 15.2 Å². The van der Waals surface area contributed by atoms with E-state index in [9.17, 15) is 4.79 Å². The highest BCUT2D eigenvalue weighted by molar-refractivity contribution is 7.09. The van der Waals surface area contributed by atoms with Gasteiger partial charge in [-0.3, -0.25) is 4.79 Å². The normalized spacial score (nSPS) is 15.0. The quantitative estimate of drug-likeness (QED) is 0.814. The molecule has 4 nitrogen and oxygen atoms in total. The summed E-state index contributed by atoms with van der Waals surface area (Å²) < 4.78 is 0. The van der Waals surface area contributed by atoms with Gasteiger partial charge in [-0.1, -0.05) is 20.8 Å². The van der Waals surface area contributed by atoms with Gasteiger partial charge >= 0.3 is 0 Å². The lowest BCUT2D eigenvalue weighted by Crippen LogP contribution is -2.46. The predicted octanol–water partition coefficient (Wildman–Crippen LogP) is 3.79. The van der Waals surface area contributed by atoms with Crippen LogP contribution in [0.1, 0.15) is 55.5 Å². The smallest absolute Gasteiger partial charge is 0.273 e. The van der Waals surface area contributed by atoms with Crippen LogP contribution in [0, 0.1) is 5.92 Å². The van der Waals surface area contributed by atoms with Crippen molar-refractivity contribution in [3.05, 3.63) is 16.1 Å². The predicted molar refractivity (Wildman–Crippen MR) is 102 cm³/mol. The van der Waals surface area contributed by atoms with Crippen LogP contribution in [0.3, 0.4) is 0 Å². The molecule has 0 radical (unpaired) electrons. The van der Waals surface area contributed by atoms with E-state index in [-0.39, 0.29) is 30.7 Å². The molecule has 0 spiro atoms. The highest BCUT2D eigenvalue weighted by Crippen LogP contribution is 2.19. The third-order valence-corrected chi connectivity index (χ3v) is 4.70. The number of rotatable bonds is 6. The first-order valence-electron chi connectivity index (χ1n) is 8.08. The fourth-order valence-corrected chi connectivity index (χ4v) is 3.79. The van der Waals surface area contributed by atoms with E-state index in [2.05, 4.69) is 36.0 Å².